The van der Waals surface area contributed by atoms with E-state index in [1.807, 2.05) is 0 Å². The maximum absolute atomic E-state index is 11.8. The van der Waals surface area contributed by atoms with E-state index in [4.69, 9.17) is 5.11 Å². The molecular formula is C6H8F3N3O. The average molecular weight is 195 g/mol. The summed E-state index contributed by atoms with van der Waals surface area (Å²) in [5.74, 6) is 0. The van der Waals surface area contributed by atoms with Crippen LogP contribution >= 0.6 is 0 Å². The average Bonchev–Trinajstić information content (AvgIpc) is 2.33. The lowest BCUT2D eigenvalue weighted by Gasteiger charge is -2.12. The van der Waals surface area contributed by atoms with E-state index in [2.05, 4.69) is 10.3 Å². The Morgan fingerprint density at radius 2 is 2.23 bits per heavy atom. The van der Waals surface area contributed by atoms with Crippen molar-refractivity contribution >= 4 is 0 Å². The molecule has 74 valence electrons. The molecule has 1 aromatic heterocycles. The Morgan fingerprint density at radius 3 is 2.62 bits per heavy atom. The molecular weight excluding hydrogens is 187 g/mol. The number of aromatic nitrogens is 3. The van der Waals surface area contributed by atoms with Gasteiger partial charge in [-0.05, 0) is 0 Å². The number of aliphatic hydroxyl groups excluding tert-OH is 1. The highest BCUT2D eigenvalue weighted by molar-refractivity contribution is 4.95. The van der Waals surface area contributed by atoms with E-state index in [0.717, 1.165) is 0 Å². The Kier molecular flexibility index (Phi) is 2.55. The van der Waals surface area contributed by atoms with Crippen LogP contribution in [0, 0.1) is 0 Å². The fourth-order valence-corrected chi connectivity index (χ4v) is 0.803. The molecule has 0 aliphatic rings. The highest BCUT2D eigenvalue weighted by Gasteiger charge is 2.38. The molecule has 0 saturated carbocycles. The van der Waals surface area contributed by atoms with Crippen LogP contribution in [-0.2, 0) is 13.5 Å². The molecule has 1 unspecified atom stereocenters. The first-order chi connectivity index (χ1) is 5.89. The van der Waals surface area contributed by atoms with Gasteiger partial charge in [0.05, 0.1) is 5.69 Å². The van der Waals surface area contributed by atoms with E-state index in [1.165, 1.54) is 17.9 Å². The molecule has 1 N–H and O–H groups in total. The molecule has 4 nitrogen and oxygen atoms in total. The predicted octanol–water partition coefficient (Wildman–Crippen LogP) is 0.281. The summed E-state index contributed by atoms with van der Waals surface area (Å²) < 4.78 is 36.8. The summed E-state index contributed by atoms with van der Waals surface area (Å²) in [4.78, 5) is 0. The second kappa shape index (κ2) is 3.33. The fraction of sp³-hybridized carbons (Fsp3) is 0.667. The molecule has 0 aliphatic heterocycles. The molecule has 7 heteroatoms. The van der Waals surface area contributed by atoms with Gasteiger partial charge in [-0.25, -0.2) is 0 Å². The quantitative estimate of drug-likeness (QED) is 0.737. The number of alkyl halides is 3. The molecule has 13 heavy (non-hydrogen) atoms. The smallest absolute Gasteiger partial charge is 0.383 e. The monoisotopic (exact) mass is 195 g/mol. The highest BCUT2D eigenvalue weighted by Crippen LogP contribution is 2.22. The van der Waals surface area contributed by atoms with Gasteiger partial charge in [-0.1, -0.05) is 5.21 Å². The molecule has 0 bridgehead atoms. The second-order valence-electron chi connectivity index (χ2n) is 2.65. The van der Waals surface area contributed by atoms with Crippen molar-refractivity contribution in [1.82, 2.24) is 15.0 Å². The molecule has 0 spiro atoms. The van der Waals surface area contributed by atoms with E-state index in [1.54, 1.807) is 0 Å². The third-order valence-corrected chi connectivity index (χ3v) is 1.43. The summed E-state index contributed by atoms with van der Waals surface area (Å²) >= 11 is 0. The minimum Gasteiger partial charge on any atom is -0.383 e. The summed E-state index contributed by atoms with van der Waals surface area (Å²) in [7, 11) is 1.54. The number of aryl methyl sites for hydroxylation is 1. The molecule has 1 atom stereocenters. The van der Waals surface area contributed by atoms with Crippen molar-refractivity contribution in [3.05, 3.63) is 11.9 Å². The molecule has 1 rings (SSSR count). The zero-order valence-electron chi connectivity index (χ0n) is 6.78. The third-order valence-electron chi connectivity index (χ3n) is 1.43. The molecule has 0 aliphatic carbocycles. The van der Waals surface area contributed by atoms with Crippen molar-refractivity contribution in [2.24, 2.45) is 7.05 Å². The van der Waals surface area contributed by atoms with Gasteiger partial charge in [-0.3, -0.25) is 4.68 Å². The first kappa shape index (κ1) is 9.97. The highest BCUT2D eigenvalue weighted by atomic mass is 19.4. The van der Waals surface area contributed by atoms with E-state index in [0.29, 0.717) is 0 Å². The Morgan fingerprint density at radius 1 is 1.62 bits per heavy atom. The van der Waals surface area contributed by atoms with Gasteiger partial charge >= 0.3 is 6.18 Å². The van der Waals surface area contributed by atoms with Gasteiger partial charge in [0.25, 0.3) is 0 Å². The maximum Gasteiger partial charge on any atom is 0.414 e. The van der Waals surface area contributed by atoms with Gasteiger partial charge in [-0.2, -0.15) is 13.2 Å². The number of nitrogens with zero attached hydrogens (tertiary/aromatic N) is 3. The van der Waals surface area contributed by atoms with Crippen molar-refractivity contribution in [3.63, 3.8) is 0 Å². The lowest BCUT2D eigenvalue weighted by Crippen LogP contribution is -2.30. The number of halogens is 3. The molecule has 0 fully saturated rings. The molecule has 0 saturated heterocycles. The predicted molar refractivity (Wildman–Crippen MR) is 36.8 cm³/mol. The largest absolute Gasteiger partial charge is 0.414 e. The van der Waals surface area contributed by atoms with Crippen LogP contribution in [0.15, 0.2) is 6.20 Å². The summed E-state index contributed by atoms with van der Waals surface area (Å²) in [6.07, 6.45) is -6.20. The van der Waals surface area contributed by atoms with Crippen molar-refractivity contribution in [2.75, 3.05) is 0 Å². The summed E-state index contributed by atoms with van der Waals surface area (Å²) in [5.41, 5.74) is 0.118. The second-order valence-corrected chi connectivity index (χ2v) is 2.65. The minimum absolute atomic E-state index is 0.118. The van der Waals surface area contributed by atoms with Crippen molar-refractivity contribution in [3.8, 4) is 0 Å². The standard InChI is InChI=1S/C6H8F3N3O/c1-12-3-4(10-11-12)2-5(13)6(7,8)9/h3,5,13H,2H2,1H3. The van der Waals surface area contributed by atoms with Crippen molar-refractivity contribution < 1.29 is 18.3 Å². The topological polar surface area (TPSA) is 50.9 Å². The summed E-state index contributed by atoms with van der Waals surface area (Å²) in [6, 6.07) is 0. The number of aliphatic hydroxyl groups is 1. The van der Waals surface area contributed by atoms with Crippen molar-refractivity contribution in [1.29, 1.82) is 0 Å². The Bertz CT molecular complexity index is 283. The zero-order chi connectivity index (χ0) is 10.1. The minimum atomic E-state index is -4.60. The van der Waals surface area contributed by atoms with Crippen LogP contribution in [0.4, 0.5) is 13.2 Å². The van der Waals surface area contributed by atoms with E-state index >= 15 is 0 Å². The first-order valence-corrected chi connectivity index (χ1v) is 3.49. The Labute approximate surface area is 72.0 Å². The van der Waals surface area contributed by atoms with E-state index in [9.17, 15) is 13.2 Å². The SMILES string of the molecule is Cn1cc(CC(O)C(F)(F)F)nn1. The van der Waals surface area contributed by atoms with E-state index < -0.39 is 18.7 Å². The number of rotatable bonds is 2. The van der Waals surface area contributed by atoms with Crippen LogP contribution in [0.1, 0.15) is 5.69 Å². The van der Waals surface area contributed by atoms with Gasteiger partial charge in [0.2, 0.25) is 0 Å². The zero-order valence-corrected chi connectivity index (χ0v) is 6.78. The number of hydrogen-bond donors (Lipinski definition) is 1. The third kappa shape index (κ3) is 2.69. The van der Waals surface area contributed by atoms with Gasteiger partial charge in [0.15, 0.2) is 6.10 Å². The molecule has 1 aromatic rings. The van der Waals surface area contributed by atoms with Gasteiger partial charge in [0, 0.05) is 19.7 Å². The van der Waals surface area contributed by atoms with Crippen LogP contribution in [0.25, 0.3) is 0 Å². The normalized spacial score (nSPS) is 14.5. The molecule has 0 radical (unpaired) electrons. The van der Waals surface area contributed by atoms with Crippen LogP contribution in [0.2, 0.25) is 0 Å². The van der Waals surface area contributed by atoms with Crippen LogP contribution < -0.4 is 0 Å². The fourth-order valence-electron chi connectivity index (χ4n) is 0.803. The summed E-state index contributed by atoms with van der Waals surface area (Å²) in [6.45, 7) is 0. The van der Waals surface area contributed by atoms with Gasteiger partial charge in [-0.15, -0.1) is 5.10 Å². The van der Waals surface area contributed by atoms with Crippen LogP contribution in [-0.4, -0.2) is 32.4 Å². The first-order valence-electron chi connectivity index (χ1n) is 3.49. The Hall–Kier alpha value is -1.11. The van der Waals surface area contributed by atoms with Crippen molar-refractivity contribution in [2.45, 2.75) is 18.7 Å². The number of hydrogen-bond acceptors (Lipinski definition) is 3. The lowest BCUT2D eigenvalue weighted by atomic mass is 10.2. The maximum atomic E-state index is 11.8. The summed E-state index contributed by atoms with van der Waals surface area (Å²) in [5, 5.41) is 15.5. The molecule has 0 amide bonds. The van der Waals surface area contributed by atoms with Gasteiger partial charge in [0.1, 0.15) is 0 Å². The lowest BCUT2D eigenvalue weighted by molar-refractivity contribution is -0.203. The van der Waals surface area contributed by atoms with Crippen LogP contribution in [0.5, 0.6) is 0 Å². The van der Waals surface area contributed by atoms with Crippen LogP contribution in [0.3, 0.4) is 0 Å². The molecule has 1 heterocycles. The molecule has 0 aromatic carbocycles. The van der Waals surface area contributed by atoms with Gasteiger partial charge < -0.3 is 5.11 Å². The Balaban J connectivity index is 2.60. The van der Waals surface area contributed by atoms with E-state index in [-0.39, 0.29) is 5.69 Å².